The lowest BCUT2D eigenvalue weighted by Crippen LogP contribution is -2.30. The van der Waals surface area contributed by atoms with Crippen LogP contribution in [0.4, 0.5) is 0 Å². The van der Waals surface area contributed by atoms with Gasteiger partial charge >= 0.3 is 17.9 Å². The van der Waals surface area contributed by atoms with Gasteiger partial charge in [-0.05, 0) is 161 Å². The van der Waals surface area contributed by atoms with E-state index in [2.05, 4.69) is 227 Å². The van der Waals surface area contributed by atoms with E-state index in [-0.39, 0.29) is 44.0 Å². The van der Waals surface area contributed by atoms with Crippen LogP contribution >= 0.6 is 0 Å². The molecule has 0 aliphatic carbocycles. The van der Waals surface area contributed by atoms with Crippen molar-refractivity contribution in [2.75, 3.05) is 13.2 Å². The third-order valence-electron chi connectivity index (χ3n) is 11.8. The van der Waals surface area contributed by atoms with Crippen molar-refractivity contribution in [1.82, 2.24) is 0 Å². The van der Waals surface area contributed by atoms with E-state index in [9.17, 15) is 14.4 Å². The molecule has 6 nitrogen and oxygen atoms in total. The number of carbonyl (C=O) groups excluding carboxylic acids is 3. The van der Waals surface area contributed by atoms with Gasteiger partial charge in [0.1, 0.15) is 13.2 Å². The highest BCUT2D eigenvalue weighted by Crippen LogP contribution is 2.11. The van der Waals surface area contributed by atoms with Gasteiger partial charge in [0.15, 0.2) is 6.10 Å². The van der Waals surface area contributed by atoms with Crippen LogP contribution in [0, 0.1) is 0 Å². The molecular formula is C73H108O6. The van der Waals surface area contributed by atoms with Gasteiger partial charge in [0.25, 0.3) is 0 Å². The second kappa shape index (κ2) is 64.5. The van der Waals surface area contributed by atoms with Crippen LogP contribution in [0.15, 0.2) is 207 Å². The Hall–Kier alpha value is -6.01. The number of rotatable bonds is 52. The van der Waals surface area contributed by atoms with E-state index in [0.717, 1.165) is 161 Å². The molecular weight excluding hydrogens is 973 g/mol. The Kier molecular flexibility index (Phi) is 59.6. The van der Waals surface area contributed by atoms with E-state index in [1.54, 1.807) is 0 Å². The SMILES string of the molecule is CC/C=C\C/C=C\C/C=C\C/C=C\C/C=C\C/C=C\C/C=C\C/C=C\C/C=C\CCCC(=O)OCC(COC(=O)CCCCC/C=C\C/C=C\C/C=C\CC)OC(=O)CCCCC/C=C\C/C=C\C/C=C\C/C=C\C/C=C\CC. The lowest BCUT2D eigenvalue weighted by molar-refractivity contribution is -0.167. The summed E-state index contributed by atoms with van der Waals surface area (Å²) in [7, 11) is 0. The minimum Gasteiger partial charge on any atom is -0.462 e. The molecule has 0 aromatic rings. The van der Waals surface area contributed by atoms with Crippen LogP contribution < -0.4 is 0 Å². The Labute approximate surface area is 483 Å². The lowest BCUT2D eigenvalue weighted by Gasteiger charge is -2.18. The Morgan fingerprint density at radius 1 is 0.253 bits per heavy atom. The number of esters is 3. The van der Waals surface area contributed by atoms with Crippen LogP contribution in [0.25, 0.3) is 0 Å². The molecule has 6 heteroatoms. The number of ether oxygens (including phenoxy) is 3. The highest BCUT2D eigenvalue weighted by atomic mass is 16.6. The van der Waals surface area contributed by atoms with Gasteiger partial charge in [0, 0.05) is 19.3 Å². The number of hydrogen-bond acceptors (Lipinski definition) is 6. The molecule has 79 heavy (non-hydrogen) atoms. The standard InChI is InChI=1S/C73H108O6/c1-4-7-10-13-16-19-22-25-27-29-31-32-33-34-35-36-37-38-39-40-42-43-45-48-51-54-57-60-63-66-72(75)78-69-70(68-77-71(74)65-62-59-56-53-50-47-24-21-18-15-12-9-6-3)79-73(76)67-64-61-58-55-52-49-46-44-41-30-28-26-23-20-17-14-11-8-5-2/h7-12,16-21,25-28,31-32,34-35,37-38,40-42,44-45,47-50,52,54,57,70H,4-6,13-15,22-24,29-30,33,36,39,43,46,51,53,55-56,58-69H2,1-3H3/b10-7-,11-8-,12-9-,19-16-,20-17-,21-18-,27-25-,28-26-,32-31-,35-34-,38-37-,42-40-,44-41-,48-45-,50-47-,52-49-,57-54-. The third kappa shape index (κ3) is 62.7. The average molecular weight is 1080 g/mol. The number of carbonyl (C=O) groups is 3. The van der Waals surface area contributed by atoms with E-state index in [1.807, 2.05) is 0 Å². The van der Waals surface area contributed by atoms with Crippen LogP contribution in [-0.4, -0.2) is 37.2 Å². The summed E-state index contributed by atoms with van der Waals surface area (Å²) in [4.78, 5) is 38.2. The summed E-state index contributed by atoms with van der Waals surface area (Å²) in [5.41, 5.74) is 0. The monoisotopic (exact) mass is 1080 g/mol. The van der Waals surface area contributed by atoms with Crippen LogP contribution in [0.5, 0.6) is 0 Å². The van der Waals surface area contributed by atoms with Crippen molar-refractivity contribution in [2.45, 2.75) is 219 Å². The van der Waals surface area contributed by atoms with Crippen LogP contribution in [0.2, 0.25) is 0 Å². The fraction of sp³-hybridized carbons (Fsp3) is 0.493. The average Bonchev–Trinajstić information content (AvgIpc) is 3.45. The highest BCUT2D eigenvalue weighted by molar-refractivity contribution is 5.71. The lowest BCUT2D eigenvalue weighted by atomic mass is 10.1. The van der Waals surface area contributed by atoms with Crippen LogP contribution in [0.1, 0.15) is 213 Å². The van der Waals surface area contributed by atoms with Crippen molar-refractivity contribution in [1.29, 1.82) is 0 Å². The summed E-state index contributed by atoms with van der Waals surface area (Å²) in [6.45, 7) is 6.17. The second-order valence-corrected chi connectivity index (χ2v) is 19.1. The molecule has 436 valence electrons. The highest BCUT2D eigenvalue weighted by Gasteiger charge is 2.19. The van der Waals surface area contributed by atoms with Crippen molar-refractivity contribution in [3.05, 3.63) is 207 Å². The van der Waals surface area contributed by atoms with Crippen molar-refractivity contribution in [2.24, 2.45) is 0 Å². The van der Waals surface area contributed by atoms with Gasteiger partial charge in [0.2, 0.25) is 0 Å². The van der Waals surface area contributed by atoms with E-state index in [1.165, 1.54) is 0 Å². The van der Waals surface area contributed by atoms with E-state index < -0.39 is 6.10 Å². The van der Waals surface area contributed by atoms with Gasteiger partial charge in [-0.1, -0.05) is 240 Å². The van der Waals surface area contributed by atoms with Crippen LogP contribution in [-0.2, 0) is 28.6 Å². The predicted molar refractivity (Wildman–Crippen MR) is 343 cm³/mol. The molecule has 0 radical (unpaired) electrons. The zero-order valence-corrected chi connectivity index (χ0v) is 49.8. The van der Waals surface area contributed by atoms with E-state index >= 15 is 0 Å². The molecule has 0 saturated carbocycles. The maximum absolute atomic E-state index is 12.9. The first-order valence-corrected chi connectivity index (χ1v) is 30.6. The van der Waals surface area contributed by atoms with E-state index in [4.69, 9.17) is 14.2 Å². The molecule has 0 aliphatic rings. The first-order valence-electron chi connectivity index (χ1n) is 30.6. The van der Waals surface area contributed by atoms with Crippen molar-refractivity contribution < 1.29 is 28.6 Å². The summed E-state index contributed by atoms with van der Waals surface area (Å²) >= 11 is 0. The molecule has 0 fully saturated rings. The molecule has 0 N–H and O–H groups in total. The molecule has 1 unspecified atom stereocenters. The minimum atomic E-state index is -0.846. The molecule has 0 rings (SSSR count). The normalized spacial score (nSPS) is 13.6. The van der Waals surface area contributed by atoms with Crippen molar-refractivity contribution in [3.8, 4) is 0 Å². The predicted octanol–water partition coefficient (Wildman–Crippen LogP) is 21.2. The van der Waals surface area contributed by atoms with Gasteiger partial charge in [-0.15, -0.1) is 0 Å². The smallest absolute Gasteiger partial charge is 0.306 e. The molecule has 0 heterocycles. The zero-order chi connectivity index (χ0) is 57.1. The first-order chi connectivity index (χ1) is 39.0. The van der Waals surface area contributed by atoms with Gasteiger partial charge in [-0.3, -0.25) is 14.4 Å². The molecule has 0 aromatic heterocycles. The molecule has 0 saturated heterocycles. The topological polar surface area (TPSA) is 78.9 Å². The third-order valence-corrected chi connectivity index (χ3v) is 11.8. The van der Waals surface area contributed by atoms with Gasteiger partial charge in [-0.25, -0.2) is 0 Å². The van der Waals surface area contributed by atoms with Gasteiger partial charge in [0.05, 0.1) is 0 Å². The Morgan fingerprint density at radius 2 is 0.468 bits per heavy atom. The zero-order valence-electron chi connectivity index (χ0n) is 49.8. The summed E-state index contributed by atoms with van der Waals surface area (Å²) in [6, 6.07) is 0. The molecule has 0 spiro atoms. The summed E-state index contributed by atoms with van der Waals surface area (Å²) in [5, 5.41) is 0. The first kappa shape index (κ1) is 73.0. The van der Waals surface area contributed by atoms with Crippen molar-refractivity contribution in [3.63, 3.8) is 0 Å². The minimum absolute atomic E-state index is 0.137. The molecule has 0 aliphatic heterocycles. The van der Waals surface area contributed by atoms with Crippen molar-refractivity contribution >= 4 is 17.9 Å². The largest absolute Gasteiger partial charge is 0.462 e. The molecule has 0 amide bonds. The summed E-state index contributed by atoms with van der Waals surface area (Å²) < 4.78 is 16.8. The quantitative estimate of drug-likeness (QED) is 0.0261. The number of allylic oxidation sites excluding steroid dienone is 34. The summed E-state index contributed by atoms with van der Waals surface area (Å²) in [5.74, 6) is -1.07. The molecule has 0 aromatic carbocycles. The van der Waals surface area contributed by atoms with E-state index in [0.29, 0.717) is 19.3 Å². The fourth-order valence-corrected chi connectivity index (χ4v) is 7.31. The Balaban J connectivity index is 4.56. The molecule has 1 atom stereocenters. The molecule has 0 bridgehead atoms. The number of hydrogen-bond donors (Lipinski definition) is 0. The summed E-state index contributed by atoms with van der Waals surface area (Å²) in [6.07, 6.45) is 99.8. The number of unbranched alkanes of at least 4 members (excludes halogenated alkanes) is 7. The Bertz CT molecular complexity index is 1960. The maximum Gasteiger partial charge on any atom is 0.306 e. The second-order valence-electron chi connectivity index (χ2n) is 19.1. The maximum atomic E-state index is 12.9. The van der Waals surface area contributed by atoms with Crippen LogP contribution in [0.3, 0.4) is 0 Å². The Morgan fingerprint density at radius 3 is 0.734 bits per heavy atom. The van der Waals surface area contributed by atoms with Gasteiger partial charge < -0.3 is 14.2 Å². The van der Waals surface area contributed by atoms with Gasteiger partial charge in [-0.2, -0.15) is 0 Å². The fourth-order valence-electron chi connectivity index (χ4n) is 7.31.